The number of ketones is 1. The highest BCUT2D eigenvalue weighted by Crippen LogP contribution is 2.27. The smallest absolute Gasteiger partial charge is 0.288 e. The van der Waals surface area contributed by atoms with Gasteiger partial charge in [-0.25, -0.2) is 14.3 Å². The van der Waals surface area contributed by atoms with Gasteiger partial charge in [-0.05, 0) is 11.9 Å². The summed E-state index contributed by atoms with van der Waals surface area (Å²) < 4.78 is 1.29. The van der Waals surface area contributed by atoms with Gasteiger partial charge in [0.1, 0.15) is 5.82 Å². The zero-order valence-electron chi connectivity index (χ0n) is 8.01. The number of Topliss-reactive ketones (excluding diaryl/α,β-unsaturated/α-hetero) is 1. The number of hydrogen-bond acceptors (Lipinski definition) is 5. The molecule has 1 saturated heterocycles. The first-order valence-corrected chi connectivity index (χ1v) is 5.34. The van der Waals surface area contributed by atoms with Crippen molar-refractivity contribution in [2.75, 3.05) is 10.1 Å². The predicted octanol–water partition coefficient (Wildman–Crippen LogP) is 0.477. The standard InChI is InChI=1S/C9H8N3O2S/c1-6-4-15-12(9(14)8(6)13)7-2-3-10-5-11-7/h2-3,6H,4H2,1H3. The number of carbonyl (C=O) groups is 2. The van der Waals surface area contributed by atoms with E-state index in [2.05, 4.69) is 16.3 Å². The van der Waals surface area contributed by atoms with Gasteiger partial charge in [-0.15, -0.1) is 0 Å². The highest BCUT2D eigenvalue weighted by atomic mass is 32.2. The summed E-state index contributed by atoms with van der Waals surface area (Å²) in [5, 5.41) is 0. The second kappa shape index (κ2) is 3.98. The van der Waals surface area contributed by atoms with E-state index in [-0.39, 0.29) is 11.7 Å². The van der Waals surface area contributed by atoms with E-state index < -0.39 is 5.91 Å². The van der Waals surface area contributed by atoms with Crippen molar-refractivity contribution in [2.45, 2.75) is 6.92 Å². The SMILES string of the molecule is CC1CSN(c2ccn[c]n2)C(=O)C1=O. The molecule has 0 spiro atoms. The number of amides is 1. The highest BCUT2D eigenvalue weighted by Gasteiger charge is 2.34. The summed E-state index contributed by atoms with van der Waals surface area (Å²) in [4.78, 5) is 30.5. The zero-order chi connectivity index (χ0) is 10.8. The number of rotatable bonds is 1. The molecule has 6 heteroatoms. The van der Waals surface area contributed by atoms with Gasteiger partial charge < -0.3 is 0 Å². The molecule has 1 unspecified atom stereocenters. The van der Waals surface area contributed by atoms with Gasteiger partial charge in [0.25, 0.3) is 0 Å². The quantitative estimate of drug-likeness (QED) is 0.510. The van der Waals surface area contributed by atoms with Crippen LogP contribution in [0.25, 0.3) is 0 Å². The molecule has 2 rings (SSSR count). The minimum absolute atomic E-state index is 0.218. The third-order valence-corrected chi connectivity index (χ3v) is 3.29. The maximum absolute atomic E-state index is 11.6. The molecule has 1 amide bonds. The Bertz CT molecular complexity index is 396. The van der Waals surface area contributed by atoms with Crippen LogP contribution < -0.4 is 4.31 Å². The molecule has 1 atom stereocenters. The summed E-state index contributed by atoms with van der Waals surface area (Å²) in [6.45, 7) is 1.75. The van der Waals surface area contributed by atoms with Crippen molar-refractivity contribution in [1.82, 2.24) is 9.97 Å². The van der Waals surface area contributed by atoms with E-state index >= 15 is 0 Å². The summed E-state index contributed by atoms with van der Waals surface area (Å²) in [6, 6.07) is 1.57. The molecule has 77 valence electrons. The largest absolute Gasteiger partial charge is 0.306 e. The van der Waals surface area contributed by atoms with Crippen molar-refractivity contribution in [3.8, 4) is 0 Å². The van der Waals surface area contributed by atoms with Gasteiger partial charge in [-0.1, -0.05) is 6.92 Å². The normalized spacial score (nSPS) is 21.9. The van der Waals surface area contributed by atoms with Gasteiger partial charge >= 0.3 is 5.91 Å². The zero-order valence-corrected chi connectivity index (χ0v) is 8.82. The molecule has 1 radical (unpaired) electrons. The van der Waals surface area contributed by atoms with E-state index in [0.717, 1.165) is 0 Å². The van der Waals surface area contributed by atoms with Crippen molar-refractivity contribution in [3.05, 3.63) is 18.6 Å². The Morgan fingerprint density at radius 2 is 2.40 bits per heavy atom. The molecular formula is C9H8N3O2S. The molecule has 0 saturated carbocycles. The molecule has 1 aromatic rings. The number of hydrogen-bond donors (Lipinski definition) is 0. The maximum atomic E-state index is 11.6. The third kappa shape index (κ3) is 1.85. The van der Waals surface area contributed by atoms with Gasteiger partial charge in [-0.2, -0.15) is 0 Å². The van der Waals surface area contributed by atoms with Crippen molar-refractivity contribution >= 4 is 29.5 Å². The molecular weight excluding hydrogens is 214 g/mol. The van der Waals surface area contributed by atoms with E-state index in [1.54, 1.807) is 13.0 Å². The number of nitrogens with zero attached hydrogens (tertiary/aromatic N) is 3. The summed E-state index contributed by atoms with van der Waals surface area (Å²) >= 11 is 1.29. The van der Waals surface area contributed by atoms with E-state index in [9.17, 15) is 9.59 Å². The maximum Gasteiger partial charge on any atom is 0.306 e. The molecule has 1 aliphatic heterocycles. The molecule has 15 heavy (non-hydrogen) atoms. The van der Waals surface area contributed by atoms with E-state index in [4.69, 9.17) is 0 Å². The molecule has 1 aromatic heterocycles. The summed E-state index contributed by atoms with van der Waals surface area (Å²) in [5.41, 5.74) is 0. The van der Waals surface area contributed by atoms with Crippen LogP contribution in [0.5, 0.6) is 0 Å². The molecule has 0 aromatic carbocycles. The Morgan fingerprint density at radius 1 is 1.60 bits per heavy atom. The molecule has 1 fully saturated rings. The minimum Gasteiger partial charge on any atom is -0.288 e. The van der Waals surface area contributed by atoms with Crippen LogP contribution in [0.15, 0.2) is 12.3 Å². The lowest BCUT2D eigenvalue weighted by atomic mass is 10.1. The second-order valence-corrected chi connectivity index (χ2v) is 4.13. The fourth-order valence-electron chi connectivity index (χ4n) is 1.17. The van der Waals surface area contributed by atoms with E-state index in [0.29, 0.717) is 11.6 Å². The van der Waals surface area contributed by atoms with Crippen molar-refractivity contribution in [2.24, 2.45) is 5.92 Å². The number of carbonyl (C=O) groups excluding carboxylic acids is 2. The van der Waals surface area contributed by atoms with Crippen molar-refractivity contribution < 1.29 is 9.59 Å². The lowest BCUT2D eigenvalue weighted by molar-refractivity contribution is -0.137. The molecule has 5 nitrogen and oxygen atoms in total. The van der Waals surface area contributed by atoms with E-state index in [1.165, 1.54) is 22.4 Å². The van der Waals surface area contributed by atoms with Crippen LogP contribution in [-0.2, 0) is 9.59 Å². The van der Waals surface area contributed by atoms with Gasteiger partial charge in [0.15, 0.2) is 6.33 Å². The second-order valence-electron chi connectivity index (χ2n) is 3.18. The van der Waals surface area contributed by atoms with Crippen LogP contribution in [0.1, 0.15) is 6.92 Å². The molecule has 1 aliphatic rings. The Balaban J connectivity index is 2.25. The molecule has 0 aliphatic carbocycles. The average Bonchev–Trinajstić information content (AvgIpc) is 2.27. The Kier molecular flexibility index (Phi) is 2.68. The van der Waals surface area contributed by atoms with Crippen LogP contribution in [-0.4, -0.2) is 27.4 Å². The fraction of sp³-hybridized carbons (Fsp3) is 0.333. The highest BCUT2D eigenvalue weighted by molar-refractivity contribution is 8.01. The Morgan fingerprint density at radius 3 is 3.07 bits per heavy atom. The average molecular weight is 222 g/mol. The molecule has 0 N–H and O–H groups in total. The summed E-state index contributed by atoms with van der Waals surface area (Å²) in [6.07, 6.45) is 3.87. The van der Waals surface area contributed by atoms with Crippen LogP contribution >= 0.6 is 11.9 Å². The van der Waals surface area contributed by atoms with Crippen molar-refractivity contribution in [1.29, 1.82) is 0 Å². The minimum atomic E-state index is -0.522. The first kappa shape index (κ1) is 10.1. The lowest BCUT2D eigenvalue weighted by Crippen LogP contribution is -2.41. The fourth-order valence-corrected chi connectivity index (χ4v) is 2.13. The third-order valence-electron chi connectivity index (χ3n) is 2.02. The van der Waals surface area contributed by atoms with Crippen LogP contribution in [0.2, 0.25) is 0 Å². The van der Waals surface area contributed by atoms with Crippen LogP contribution in [0.3, 0.4) is 0 Å². The van der Waals surface area contributed by atoms with Crippen LogP contribution in [0.4, 0.5) is 5.82 Å². The van der Waals surface area contributed by atoms with Crippen molar-refractivity contribution in [3.63, 3.8) is 0 Å². The molecule has 2 heterocycles. The summed E-state index contributed by atoms with van der Waals surface area (Å²) in [7, 11) is 0. The van der Waals surface area contributed by atoms with Gasteiger partial charge in [0.05, 0.1) is 0 Å². The predicted molar refractivity (Wildman–Crippen MR) is 55.0 cm³/mol. The number of anilines is 1. The monoisotopic (exact) mass is 222 g/mol. The van der Waals surface area contributed by atoms with E-state index in [1.807, 2.05) is 0 Å². The summed E-state index contributed by atoms with van der Waals surface area (Å²) in [5.74, 6) is -0.114. The number of aromatic nitrogens is 2. The Hall–Kier alpha value is -1.43. The van der Waals surface area contributed by atoms with Gasteiger partial charge in [-0.3, -0.25) is 9.59 Å². The first-order chi connectivity index (χ1) is 7.20. The first-order valence-electron chi connectivity index (χ1n) is 4.40. The topological polar surface area (TPSA) is 63.2 Å². The van der Waals surface area contributed by atoms with Crippen LogP contribution in [0, 0.1) is 12.2 Å². The molecule has 0 bridgehead atoms. The lowest BCUT2D eigenvalue weighted by Gasteiger charge is -2.26. The van der Waals surface area contributed by atoms with Gasteiger partial charge in [0, 0.05) is 23.9 Å². The Labute approximate surface area is 91.0 Å². The van der Waals surface area contributed by atoms with Gasteiger partial charge in [0.2, 0.25) is 5.78 Å².